The van der Waals surface area contributed by atoms with Crippen LogP contribution in [0.1, 0.15) is 6.92 Å². The summed E-state index contributed by atoms with van der Waals surface area (Å²) in [6.45, 7) is 1.42. The first-order chi connectivity index (χ1) is 7.34. The maximum Gasteiger partial charge on any atom is 0.332 e. The van der Waals surface area contributed by atoms with Gasteiger partial charge in [0.2, 0.25) is 0 Å². The van der Waals surface area contributed by atoms with Gasteiger partial charge in [-0.25, -0.2) is 4.79 Å². The Morgan fingerprint density at radius 3 is 2.44 bits per heavy atom. The van der Waals surface area contributed by atoms with E-state index in [9.17, 15) is 14.4 Å². The second kappa shape index (κ2) is 4.21. The Balaban J connectivity index is 3.22. The molecule has 1 atom stereocenters. The van der Waals surface area contributed by atoms with E-state index in [0.717, 1.165) is 4.57 Å². The normalized spacial score (nSPS) is 12.2. The molecular formula is C9H13N3O4. The zero-order chi connectivity index (χ0) is 12.5. The van der Waals surface area contributed by atoms with Gasteiger partial charge in [0.15, 0.2) is 0 Å². The summed E-state index contributed by atoms with van der Waals surface area (Å²) in [7, 11) is 2.81. The summed E-state index contributed by atoms with van der Waals surface area (Å²) in [6.07, 6.45) is 0. The summed E-state index contributed by atoms with van der Waals surface area (Å²) in [5, 5.41) is 11.3. The number of aromatic nitrogens is 2. The number of rotatable bonds is 3. The standard InChI is InChI=1S/C9H13N3O4/c1-5(8(14)15)10-6-4-7(13)12(3)9(16)11(6)2/h4-5,10H,1-3H3,(H,14,15). The van der Waals surface area contributed by atoms with Gasteiger partial charge in [-0.15, -0.1) is 0 Å². The number of anilines is 1. The molecule has 0 bridgehead atoms. The zero-order valence-electron chi connectivity index (χ0n) is 9.22. The van der Waals surface area contributed by atoms with Crippen LogP contribution in [0, 0.1) is 0 Å². The Bertz CT molecular complexity index is 529. The van der Waals surface area contributed by atoms with Gasteiger partial charge in [0, 0.05) is 20.2 Å². The third kappa shape index (κ3) is 2.13. The van der Waals surface area contributed by atoms with Crippen molar-refractivity contribution in [3.63, 3.8) is 0 Å². The number of hydrogen-bond donors (Lipinski definition) is 2. The fourth-order valence-electron chi connectivity index (χ4n) is 1.15. The van der Waals surface area contributed by atoms with Gasteiger partial charge < -0.3 is 10.4 Å². The molecule has 1 aromatic heterocycles. The van der Waals surface area contributed by atoms with Gasteiger partial charge >= 0.3 is 11.7 Å². The van der Waals surface area contributed by atoms with Crippen molar-refractivity contribution in [1.82, 2.24) is 9.13 Å². The van der Waals surface area contributed by atoms with Crippen molar-refractivity contribution >= 4 is 11.8 Å². The summed E-state index contributed by atoms with van der Waals surface area (Å²) < 4.78 is 2.12. The van der Waals surface area contributed by atoms with Crippen LogP contribution in [0.15, 0.2) is 15.7 Å². The molecule has 0 aliphatic carbocycles. The van der Waals surface area contributed by atoms with Gasteiger partial charge in [0.25, 0.3) is 5.56 Å². The third-order valence-corrected chi connectivity index (χ3v) is 2.26. The predicted octanol–water partition coefficient (Wildman–Crippen LogP) is -1.03. The van der Waals surface area contributed by atoms with E-state index in [2.05, 4.69) is 5.32 Å². The lowest BCUT2D eigenvalue weighted by Gasteiger charge is -2.14. The molecule has 0 radical (unpaired) electrons. The quantitative estimate of drug-likeness (QED) is 0.688. The van der Waals surface area contributed by atoms with E-state index < -0.39 is 23.3 Å². The summed E-state index contributed by atoms with van der Waals surface area (Å²) in [5.41, 5.74) is -0.990. The number of aliphatic carboxylic acids is 1. The molecule has 7 nitrogen and oxygen atoms in total. The van der Waals surface area contributed by atoms with Crippen molar-refractivity contribution in [1.29, 1.82) is 0 Å². The van der Waals surface area contributed by atoms with E-state index in [1.165, 1.54) is 31.7 Å². The van der Waals surface area contributed by atoms with Gasteiger partial charge in [-0.05, 0) is 6.92 Å². The molecule has 0 fully saturated rings. The number of hydrogen-bond acceptors (Lipinski definition) is 4. The van der Waals surface area contributed by atoms with Gasteiger partial charge in [0.1, 0.15) is 11.9 Å². The summed E-state index contributed by atoms with van der Waals surface area (Å²) >= 11 is 0. The van der Waals surface area contributed by atoms with Crippen LogP contribution < -0.4 is 16.6 Å². The number of carbonyl (C=O) groups is 1. The Morgan fingerprint density at radius 2 is 1.94 bits per heavy atom. The summed E-state index contributed by atoms with van der Waals surface area (Å²) in [4.78, 5) is 33.4. The summed E-state index contributed by atoms with van der Waals surface area (Å²) in [5.74, 6) is -0.879. The smallest absolute Gasteiger partial charge is 0.332 e. The first kappa shape index (κ1) is 12.0. The van der Waals surface area contributed by atoms with Crippen LogP contribution in [0.3, 0.4) is 0 Å². The predicted molar refractivity (Wildman–Crippen MR) is 57.6 cm³/mol. The van der Waals surface area contributed by atoms with Gasteiger partial charge in [-0.3, -0.25) is 18.7 Å². The van der Waals surface area contributed by atoms with Crippen molar-refractivity contribution in [2.45, 2.75) is 13.0 Å². The monoisotopic (exact) mass is 227 g/mol. The molecule has 88 valence electrons. The highest BCUT2D eigenvalue weighted by Crippen LogP contribution is 2.01. The van der Waals surface area contributed by atoms with Crippen LogP contribution >= 0.6 is 0 Å². The van der Waals surface area contributed by atoms with Crippen molar-refractivity contribution in [2.24, 2.45) is 14.1 Å². The highest BCUT2D eigenvalue weighted by Gasteiger charge is 2.13. The molecule has 0 saturated heterocycles. The Labute approximate surface area is 90.9 Å². The number of nitrogens with one attached hydrogen (secondary N) is 1. The SMILES string of the molecule is CC(Nc1cc(=O)n(C)c(=O)n1C)C(=O)O. The molecule has 16 heavy (non-hydrogen) atoms. The van der Waals surface area contributed by atoms with Crippen LogP contribution in [-0.2, 0) is 18.9 Å². The molecule has 0 amide bonds. The maximum atomic E-state index is 11.5. The lowest BCUT2D eigenvalue weighted by molar-refractivity contribution is -0.137. The molecule has 0 spiro atoms. The molecule has 7 heteroatoms. The van der Waals surface area contributed by atoms with Crippen LogP contribution in [0.4, 0.5) is 5.82 Å². The molecule has 1 unspecified atom stereocenters. The van der Waals surface area contributed by atoms with Crippen LogP contribution in [0.5, 0.6) is 0 Å². The highest BCUT2D eigenvalue weighted by molar-refractivity contribution is 5.76. The number of carboxylic acids is 1. The number of nitrogens with zero attached hydrogens (tertiary/aromatic N) is 2. The van der Waals surface area contributed by atoms with Gasteiger partial charge in [-0.2, -0.15) is 0 Å². The van der Waals surface area contributed by atoms with Crippen molar-refractivity contribution in [3.8, 4) is 0 Å². The molecule has 0 aromatic carbocycles. The van der Waals surface area contributed by atoms with Crippen LogP contribution in [0.2, 0.25) is 0 Å². The second-order valence-corrected chi connectivity index (χ2v) is 3.47. The molecule has 1 rings (SSSR count). The lowest BCUT2D eigenvalue weighted by atomic mass is 10.3. The average Bonchev–Trinajstić information content (AvgIpc) is 2.22. The van der Waals surface area contributed by atoms with E-state index in [0.29, 0.717) is 0 Å². The summed E-state index contributed by atoms with van der Waals surface area (Å²) in [6, 6.07) is 0.304. The van der Waals surface area contributed by atoms with Crippen molar-refractivity contribution < 1.29 is 9.90 Å². The molecule has 1 heterocycles. The molecule has 2 N–H and O–H groups in total. The van der Waals surface area contributed by atoms with Gasteiger partial charge in [-0.1, -0.05) is 0 Å². The maximum absolute atomic E-state index is 11.5. The van der Waals surface area contributed by atoms with Crippen LogP contribution in [-0.4, -0.2) is 26.3 Å². The topological polar surface area (TPSA) is 93.3 Å². The van der Waals surface area contributed by atoms with E-state index in [1.54, 1.807) is 0 Å². The minimum atomic E-state index is -1.06. The molecule has 1 aromatic rings. The minimum absolute atomic E-state index is 0.183. The average molecular weight is 227 g/mol. The first-order valence-corrected chi connectivity index (χ1v) is 4.61. The Hall–Kier alpha value is -2.05. The van der Waals surface area contributed by atoms with E-state index in [1.807, 2.05) is 0 Å². The van der Waals surface area contributed by atoms with Gasteiger partial charge in [0.05, 0.1) is 0 Å². The second-order valence-electron chi connectivity index (χ2n) is 3.47. The van der Waals surface area contributed by atoms with E-state index in [4.69, 9.17) is 5.11 Å². The first-order valence-electron chi connectivity index (χ1n) is 4.61. The largest absolute Gasteiger partial charge is 0.480 e. The molecule has 0 aliphatic heterocycles. The van der Waals surface area contributed by atoms with E-state index in [-0.39, 0.29) is 5.82 Å². The molecule has 0 aliphatic rings. The third-order valence-electron chi connectivity index (χ3n) is 2.26. The lowest BCUT2D eigenvalue weighted by Crippen LogP contribution is -2.39. The van der Waals surface area contributed by atoms with Crippen molar-refractivity contribution in [3.05, 3.63) is 26.9 Å². The Kier molecular flexibility index (Phi) is 3.17. The van der Waals surface area contributed by atoms with Crippen LogP contribution in [0.25, 0.3) is 0 Å². The minimum Gasteiger partial charge on any atom is -0.480 e. The fraction of sp³-hybridized carbons (Fsp3) is 0.444. The molecule has 0 saturated carbocycles. The van der Waals surface area contributed by atoms with E-state index >= 15 is 0 Å². The highest BCUT2D eigenvalue weighted by atomic mass is 16.4. The number of carboxylic acid groups (broad SMARTS) is 1. The Morgan fingerprint density at radius 1 is 1.38 bits per heavy atom. The molecular weight excluding hydrogens is 214 g/mol. The zero-order valence-corrected chi connectivity index (χ0v) is 9.22. The fourth-order valence-corrected chi connectivity index (χ4v) is 1.15. The van der Waals surface area contributed by atoms with Crippen molar-refractivity contribution in [2.75, 3.05) is 5.32 Å².